The van der Waals surface area contributed by atoms with Gasteiger partial charge in [-0.2, -0.15) is 0 Å². The molecule has 2 rings (SSSR count). The normalized spacial score (nSPS) is 19.3. The molecule has 1 fully saturated rings. The minimum Gasteiger partial charge on any atom is -0.370 e. The third-order valence-electron chi connectivity index (χ3n) is 3.50. The van der Waals surface area contributed by atoms with Gasteiger partial charge < -0.3 is 10.6 Å². The number of hydrogen-bond acceptors (Lipinski definition) is 3. The van der Waals surface area contributed by atoms with Gasteiger partial charge in [-0.3, -0.25) is 9.59 Å². The van der Waals surface area contributed by atoms with E-state index in [-0.39, 0.29) is 17.6 Å². The summed E-state index contributed by atoms with van der Waals surface area (Å²) in [6, 6.07) is 5.66. The number of anilines is 1. The van der Waals surface area contributed by atoms with Gasteiger partial charge in [-0.05, 0) is 38.0 Å². The molecule has 1 aliphatic rings. The van der Waals surface area contributed by atoms with Crippen LogP contribution in [0.3, 0.4) is 0 Å². The lowest BCUT2D eigenvalue weighted by Crippen LogP contribution is -2.41. The van der Waals surface area contributed by atoms with Gasteiger partial charge in [-0.15, -0.1) is 0 Å². The molecule has 0 bridgehead atoms. The van der Waals surface area contributed by atoms with Crippen molar-refractivity contribution in [2.24, 2.45) is 11.7 Å². The average molecular weight is 325 g/mol. The number of nitrogens with two attached hydrogens (primary N) is 1. The number of piperidine rings is 1. The van der Waals surface area contributed by atoms with Crippen LogP contribution < -0.4 is 10.6 Å². The Hall–Kier alpha value is -1.36. The van der Waals surface area contributed by atoms with Crippen molar-refractivity contribution >= 4 is 33.3 Å². The van der Waals surface area contributed by atoms with Crippen molar-refractivity contribution in [3.8, 4) is 0 Å². The summed E-state index contributed by atoms with van der Waals surface area (Å²) in [5, 5.41) is 0. The van der Waals surface area contributed by atoms with Crippen LogP contribution in [0, 0.1) is 5.92 Å². The lowest BCUT2D eigenvalue weighted by Gasteiger charge is -2.34. The molecule has 0 spiro atoms. The number of primary amides is 1. The molecule has 0 aliphatic carbocycles. The van der Waals surface area contributed by atoms with Crippen LogP contribution in [-0.2, 0) is 4.79 Å². The van der Waals surface area contributed by atoms with Crippen LogP contribution in [0.2, 0.25) is 0 Å². The predicted molar refractivity (Wildman–Crippen MR) is 78.3 cm³/mol. The van der Waals surface area contributed by atoms with E-state index in [1.54, 1.807) is 6.92 Å². The second kappa shape index (κ2) is 5.74. The van der Waals surface area contributed by atoms with Crippen molar-refractivity contribution in [3.05, 3.63) is 28.2 Å². The predicted octanol–water partition coefficient (Wildman–Crippen LogP) is 2.35. The SMILES string of the molecule is CC(=O)c1cc(Br)ccc1N1CCCC(C(N)=O)C1. The van der Waals surface area contributed by atoms with Crippen LogP contribution in [0.25, 0.3) is 0 Å². The fraction of sp³-hybridized carbons (Fsp3) is 0.429. The molecule has 2 N–H and O–H groups in total. The molecule has 1 atom stereocenters. The zero-order valence-corrected chi connectivity index (χ0v) is 12.4. The van der Waals surface area contributed by atoms with Gasteiger partial charge in [0, 0.05) is 28.8 Å². The average Bonchev–Trinajstić information content (AvgIpc) is 2.38. The Labute approximate surface area is 121 Å². The van der Waals surface area contributed by atoms with E-state index in [9.17, 15) is 9.59 Å². The summed E-state index contributed by atoms with van der Waals surface area (Å²) < 4.78 is 0.880. The van der Waals surface area contributed by atoms with E-state index in [1.165, 1.54) is 0 Å². The minimum absolute atomic E-state index is 0.0255. The zero-order valence-electron chi connectivity index (χ0n) is 10.9. The Balaban J connectivity index is 2.30. The van der Waals surface area contributed by atoms with E-state index in [4.69, 9.17) is 5.73 Å². The van der Waals surface area contributed by atoms with E-state index in [0.717, 1.165) is 29.5 Å². The summed E-state index contributed by atoms with van der Waals surface area (Å²) in [6.45, 7) is 3.00. The Kier molecular flexibility index (Phi) is 4.24. The maximum atomic E-state index is 11.7. The summed E-state index contributed by atoms with van der Waals surface area (Å²) in [5.41, 5.74) is 6.96. The van der Waals surface area contributed by atoms with Crippen molar-refractivity contribution in [1.82, 2.24) is 0 Å². The van der Waals surface area contributed by atoms with Gasteiger partial charge in [0.05, 0.1) is 5.92 Å². The molecule has 4 nitrogen and oxygen atoms in total. The van der Waals surface area contributed by atoms with Gasteiger partial charge in [0.1, 0.15) is 0 Å². The highest BCUT2D eigenvalue weighted by Gasteiger charge is 2.25. The number of hydrogen-bond donors (Lipinski definition) is 1. The van der Waals surface area contributed by atoms with Crippen LogP contribution in [-0.4, -0.2) is 24.8 Å². The summed E-state index contributed by atoms with van der Waals surface area (Å²) in [4.78, 5) is 25.1. The molecule has 1 aliphatic heterocycles. The van der Waals surface area contributed by atoms with Gasteiger partial charge in [0.15, 0.2) is 5.78 Å². The monoisotopic (exact) mass is 324 g/mol. The summed E-state index contributed by atoms with van der Waals surface area (Å²) in [7, 11) is 0. The molecule has 1 aromatic carbocycles. The zero-order chi connectivity index (χ0) is 14.0. The topological polar surface area (TPSA) is 63.4 Å². The van der Waals surface area contributed by atoms with E-state index in [1.807, 2.05) is 18.2 Å². The molecule has 0 radical (unpaired) electrons. The third kappa shape index (κ3) is 3.15. The quantitative estimate of drug-likeness (QED) is 0.868. The van der Waals surface area contributed by atoms with Gasteiger partial charge in [-0.25, -0.2) is 0 Å². The molecule has 0 aromatic heterocycles. The van der Waals surface area contributed by atoms with Crippen molar-refractivity contribution in [1.29, 1.82) is 0 Å². The number of benzene rings is 1. The van der Waals surface area contributed by atoms with Crippen LogP contribution in [0.5, 0.6) is 0 Å². The number of carbonyl (C=O) groups is 2. The molecule has 19 heavy (non-hydrogen) atoms. The summed E-state index contributed by atoms with van der Waals surface area (Å²) >= 11 is 3.38. The molecule has 0 saturated carbocycles. The maximum Gasteiger partial charge on any atom is 0.222 e. The first kappa shape index (κ1) is 14.1. The van der Waals surface area contributed by atoms with Crippen molar-refractivity contribution in [3.63, 3.8) is 0 Å². The van der Waals surface area contributed by atoms with E-state index in [2.05, 4.69) is 20.8 Å². The van der Waals surface area contributed by atoms with Crippen molar-refractivity contribution in [2.45, 2.75) is 19.8 Å². The van der Waals surface area contributed by atoms with Crippen LogP contribution in [0.15, 0.2) is 22.7 Å². The van der Waals surface area contributed by atoms with Gasteiger partial charge >= 0.3 is 0 Å². The van der Waals surface area contributed by atoms with Crippen molar-refractivity contribution < 1.29 is 9.59 Å². The highest BCUT2D eigenvalue weighted by atomic mass is 79.9. The Bertz CT molecular complexity index is 516. The van der Waals surface area contributed by atoms with E-state index >= 15 is 0 Å². The minimum atomic E-state index is -0.258. The third-order valence-corrected chi connectivity index (χ3v) is 4.00. The number of rotatable bonds is 3. The largest absolute Gasteiger partial charge is 0.370 e. The van der Waals surface area contributed by atoms with Crippen LogP contribution in [0.1, 0.15) is 30.1 Å². The number of Topliss-reactive ketones (excluding diaryl/α,β-unsaturated/α-hetero) is 1. The fourth-order valence-electron chi connectivity index (χ4n) is 2.49. The molecule has 1 amide bonds. The molecule has 102 valence electrons. The standard InChI is InChI=1S/C14H17BrN2O2/c1-9(18)12-7-11(15)4-5-13(12)17-6-2-3-10(8-17)14(16)19/h4-5,7,10H,2-3,6,8H2,1H3,(H2,16,19). The van der Waals surface area contributed by atoms with Gasteiger partial charge in [0.2, 0.25) is 5.91 Å². The first-order chi connectivity index (χ1) is 8.99. The Morgan fingerprint density at radius 3 is 2.79 bits per heavy atom. The van der Waals surface area contributed by atoms with Gasteiger partial charge in [0.25, 0.3) is 0 Å². The first-order valence-electron chi connectivity index (χ1n) is 6.34. The van der Waals surface area contributed by atoms with E-state index in [0.29, 0.717) is 12.1 Å². The summed E-state index contributed by atoms with van der Waals surface area (Å²) in [6.07, 6.45) is 1.75. The highest BCUT2D eigenvalue weighted by molar-refractivity contribution is 9.10. The first-order valence-corrected chi connectivity index (χ1v) is 7.13. The van der Waals surface area contributed by atoms with Crippen molar-refractivity contribution in [2.75, 3.05) is 18.0 Å². The number of nitrogens with zero attached hydrogens (tertiary/aromatic N) is 1. The smallest absolute Gasteiger partial charge is 0.222 e. The number of amides is 1. The highest BCUT2D eigenvalue weighted by Crippen LogP contribution is 2.29. The Morgan fingerprint density at radius 2 is 2.16 bits per heavy atom. The van der Waals surface area contributed by atoms with Crippen LogP contribution >= 0.6 is 15.9 Å². The molecule has 1 heterocycles. The molecule has 1 unspecified atom stereocenters. The van der Waals surface area contributed by atoms with Crippen LogP contribution in [0.4, 0.5) is 5.69 Å². The fourth-order valence-corrected chi connectivity index (χ4v) is 2.86. The molecule has 5 heteroatoms. The summed E-state index contributed by atoms with van der Waals surface area (Å²) in [5.74, 6) is -0.360. The lowest BCUT2D eigenvalue weighted by molar-refractivity contribution is -0.122. The lowest BCUT2D eigenvalue weighted by atomic mass is 9.96. The molecule has 1 aromatic rings. The maximum absolute atomic E-state index is 11.7. The number of carbonyl (C=O) groups excluding carboxylic acids is 2. The molecular formula is C14H17BrN2O2. The van der Waals surface area contributed by atoms with E-state index < -0.39 is 0 Å². The van der Waals surface area contributed by atoms with Gasteiger partial charge in [-0.1, -0.05) is 15.9 Å². The second-order valence-corrected chi connectivity index (χ2v) is 5.82. The number of halogens is 1. The molecular weight excluding hydrogens is 308 g/mol. The number of ketones is 1. The second-order valence-electron chi connectivity index (χ2n) is 4.91. The Morgan fingerprint density at radius 1 is 1.42 bits per heavy atom. The molecule has 1 saturated heterocycles.